The number of nitrogen functional groups attached to an aromatic ring is 1. The lowest BCUT2D eigenvalue weighted by molar-refractivity contribution is -0.147. The highest BCUT2D eigenvalue weighted by Crippen LogP contribution is 2.09. The molecule has 3 N–H and O–H groups in total. The number of amides is 3. The Labute approximate surface area is 116 Å². The Morgan fingerprint density at radius 2 is 2.00 bits per heavy atom. The molecule has 1 saturated heterocycles. The number of carbonyl (C=O) groups excluding carboxylic acids is 3. The Kier molecular flexibility index (Phi) is 3.84. The van der Waals surface area contributed by atoms with Crippen LogP contribution in [0.5, 0.6) is 0 Å². The fourth-order valence-electron chi connectivity index (χ4n) is 1.85. The minimum absolute atomic E-state index is 0.113. The second-order valence-corrected chi connectivity index (χ2v) is 4.55. The first kappa shape index (κ1) is 13.8. The molecule has 1 heterocycles. The van der Waals surface area contributed by atoms with Crippen LogP contribution in [0.15, 0.2) is 30.3 Å². The maximum atomic E-state index is 12.0. The van der Waals surface area contributed by atoms with Gasteiger partial charge < -0.3 is 10.6 Å². The zero-order valence-corrected chi connectivity index (χ0v) is 11.0. The molecule has 0 bridgehead atoms. The second kappa shape index (κ2) is 5.56. The molecule has 1 fully saturated rings. The fourth-order valence-corrected chi connectivity index (χ4v) is 1.85. The predicted octanol–water partition coefficient (Wildman–Crippen LogP) is 0.155. The van der Waals surface area contributed by atoms with Crippen LogP contribution in [0.25, 0.3) is 6.08 Å². The van der Waals surface area contributed by atoms with E-state index in [2.05, 4.69) is 5.32 Å². The van der Waals surface area contributed by atoms with Gasteiger partial charge in [0.05, 0.1) is 0 Å². The molecule has 104 valence electrons. The van der Waals surface area contributed by atoms with Crippen molar-refractivity contribution in [3.05, 3.63) is 35.9 Å². The maximum absolute atomic E-state index is 12.0. The van der Waals surface area contributed by atoms with Crippen LogP contribution in [0, 0.1) is 0 Å². The highest BCUT2D eigenvalue weighted by atomic mass is 16.2. The van der Waals surface area contributed by atoms with Gasteiger partial charge in [-0.15, -0.1) is 0 Å². The number of nitrogens with one attached hydrogen (secondary N) is 1. The van der Waals surface area contributed by atoms with E-state index in [1.807, 2.05) is 0 Å². The quantitative estimate of drug-likeness (QED) is 0.456. The lowest BCUT2D eigenvalue weighted by Crippen LogP contribution is -2.58. The monoisotopic (exact) mass is 273 g/mol. The van der Waals surface area contributed by atoms with Gasteiger partial charge in [-0.1, -0.05) is 12.1 Å². The number of hydrogen-bond donors (Lipinski definition) is 2. The van der Waals surface area contributed by atoms with Crippen molar-refractivity contribution >= 4 is 29.5 Å². The van der Waals surface area contributed by atoms with Crippen molar-refractivity contribution in [2.24, 2.45) is 0 Å². The number of carbonyl (C=O) groups is 3. The number of nitrogens with zero attached hydrogens (tertiary/aromatic N) is 1. The van der Waals surface area contributed by atoms with Crippen LogP contribution in [0.1, 0.15) is 12.5 Å². The van der Waals surface area contributed by atoms with Crippen LogP contribution in [-0.4, -0.2) is 35.2 Å². The van der Waals surface area contributed by atoms with E-state index in [9.17, 15) is 14.4 Å². The summed E-state index contributed by atoms with van der Waals surface area (Å²) in [5.41, 5.74) is 7.02. The molecule has 0 radical (unpaired) electrons. The molecule has 1 aromatic carbocycles. The van der Waals surface area contributed by atoms with Gasteiger partial charge in [-0.3, -0.25) is 19.7 Å². The van der Waals surface area contributed by atoms with E-state index in [1.54, 1.807) is 37.3 Å². The van der Waals surface area contributed by atoms with Crippen LogP contribution in [0.3, 0.4) is 0 Å². The molecule has 1 unspecified atom stereocenters. The van der Waals surface area contributed by atoms with Gasteiger partial charge in [0.25, 0.3) is 0 Å². The van der Waals surface area contributed by atoms with Crippen LogP contribution in [-0.2, 0) is 14.4 Å². The maximum Gasteiger partial charge on any atom is 0.249 e. The summed E-state index contributed by atoms with van der Waals surface area (Å²) in [5.74, 6) is -1.31. The number of anilines is 1. The average Bonchev–Trinajstić information content (AvgIpc) is 2.42. The molecule has 2 rings (SSSR count). The fraction of sp³-hybridized carbons (Fsp3) is 0.214. The van der Waals surface area contributed by atoms with Gasteiger partial charge in [0, 0.05) is 11.8 Å². The molecule has 0 spiro atoms. The third-order valence-electron chi connectivity index (χ3n) is 3.06. The highest BCUT2D eigenvalue weighted by molar-refractivity contribution is 6.06. The van der Waals surface area contributed by atoms with Crippen molar-refractivity contribution in [3.63, 3.8) is 0 Å². The minimum atomic E-state index is -0.656. The summed E-state index contributed by atoms with van der Waals surface area (Å²) in [4.78, 5) is 36.0. The number of nitrogens with two attached hydrogens (primary N) is 1. The summed E-state index contributed by atoms with van der Waals surface area (Å²) < 4.78 is 0. The number of imide groups is 1. The molecule has 1 aliphatic rings. The SMILES string of the molecule is CC1C(=O)NC(=O)CN1C(=O)/C=C/c1ccc(N)cc1. The van der Waals surface area contributed by atoms with Crippen LogP contribution in [0.4, 0.5) is 5.69 Å². The number of rotatable bonds is 2. The van der Waals surface area contributed by atoms with E-state index < -0.39 is 17.9 Å². The first-order valence-electron chi connectivity index (χ1n) is 6.15. The third kappa shape index (κ3) is 3.03. The molecule has 20 heavy (non-hydrogen) atoms. The van der Waals surface area contributed by atoms with E-state index in [4.69, 9.17) is 5.73 Å². The zero-order valence-electron chi connectivity index (χ0n) is 11.0. The van der Waals surface area contributed by atoms with Gasteiger partial charge in [0.15, 0.2) is 0 Å². The van der Waals surface area contributed by atoms with E-state index in [0.29, 0.717) is 5.69 Å². The van der Waals surface area contributed by atoms with Gasteiger partial charge in [-0.05, 0) is 30.7 Å². The van der Waals surface area contributed by atoms with Crippen molar-refractivity contribution in [1.82, 2.24) is 10.2 Å². The summed E-state index contributed by atoms with van der Waals surface area (Å²) >= 11 is 0. The van der Waals surface area contributed by atoms with E-state index in [1.165, 1.54) is 11.0 Å². The van der Waals surface area contributed by atoms with Gasteiger partial charge in [0.2, 0.25) is 17.7 Å². The van der Waals surface area contributed by atoms with Gasteiger partial charge >= 0.3 is 0 Å². The van der Waals surface area contributed by atoms with Crippen LogP contribution in [0.2, 0.25) is 0 Å². The smallest absolute Gasteiger partial charge is 0.249 e. The lowest BCUT2D eigenvalue weighted by Gasteiger charge is -2.30. The Balaban J connectivity index is 2.09. The number of piperazine rings is 1. The normalized spacial score (nSPS) is 19.2. The molecule has 6 heteroatoms. The second-order valence-electron chi connectivity index (χ2n) is 4.55. The van der Waals surface area contributed by atoms with Gasteiger partial charge in [-0.2, -0.15) is 0 Å². The van der Waals surface area contributed by atoms with Gasteiger partial charge in [0.1, 0.15) is 12.6 Å². The Bertz CT molecular complexity index is 578. The van der Waals surface area contributed by atoms with E-state index >= 15 is 0 Å². The molecule has 1 atom stereocenters. The van der Waals surface area contributed by atoms with E-state index in [-0.39, 0.29) is 12.5 Å². The molecule has 1 aromatic rings. The minimum Gasteiger partial charge on any atom is -0.399 e. The topological polar surface area (TPSA) is 92.5 Å². The van der Waals surface area contributed by atoms with Crippen LogP contribution >= 0.6 is 0 Å². The molecule has 3 amide bonds. The molecule has 6 nitrogen and oxygen atoms in total. The Hall–Kier alpha value is -2.63. The van der Waals surface area contributed by atoms with Gasteiger partial charge in [-0.25, -0.2) is 0 Å². The summed E-state index contributed by atoms with van der Waals surface area (Å²) in [6.45, 7) is 1.47. The molecule has 1 aliphatic heterocycles. The summed E-state index contributed by atoms with van der Waals surface area (Å²) in [6.07, 6.45) is 2.96. The lowest BCUT2D eigenvalue weighted by atomic mass is 10.1. The van der Waals surface area contributed by atoms with Crippen molar-refractivity contribution < 1.29 is 14.4 Å². The van der Waals surface area contributed by atoms with Crippen molar-refractivity contribution in [3.8, 4) is 0 Å². The largest absolute Gasteiger partial charge is 0.399 e. The number of benzene rings is 1. The van der Waals surface area contributed by atoms with Crippen molar-refractivity contribution in [2.45, 2.75) is 13.0 Å². The highest BCUT2D eigenvalue weighted by Gasteiger charge is 2.32. The Morgan fingerprint density at radius 1 is 1.35 bits per heavy atom. The summed E-state index contributed by atoms with van der Waals surface area (Å²) in [6, 6.07) is 6.35. The number of hydrogen-bond acceptors (Lipinski definition) is 4. The summed E-state index contributed by atoms with van der Waals surface area (Å²) in [5, 5.41) is 2.18. The zero-order chi connectivity index (χ0) is 14.7. The van der Waals surface area contributed by atoms with Crippen molar-refractivity contribution in [1.29, 1.82) is 0 Å². The summed E-state index contributed by atoms with van der Waals surface area (Å²) in [7, 11) is 0. The molecular weight excluding hydrogens is 258 g/mol. The Morgan fingerprint density at radius 3 is 2.65 bits per heavy atom. The van der Waals surface area contributed by atoms with Crippen LogP contribution < -0.4 is 11.1 Å². The predicted molar refractivity (Wildman–Crippen MR) is 74.2 cm³/mol. The third-order valence-corrected chi connectivity index (χ3v) is 3.06. The molecular formula is C14H15N3O3. The molecule has 0 saturated carbocycles. The average molecular weight is 273 g/mol. The van der Waals surface area contributed by atoms with E-state index in [0.717, 1.165) is 5.56 Å². The standard InChI is InChI=1S/C14H15N3O3/c1-9-14(20)16-12(18)8-17(9)13(19)7-4-10-2-5-11(15)6-3-10/h2-7,9H,8,15H2,1H3,(H,16,18,20)/b7-4+. The molecule has 0 aliphatic carbocycles. The molecule has 0 aromatic heterocycles. The first-order chi connectivity index (χ1) is 9.47. The first-order valence-corrected chi connectivity index (χ1v) is 6.15. The van der Waals surface area contributed by atoms with Crippen molar-refractivity contribution in [2.75, 3.05) is 12.3 Å².